The van der Waals surface area contributed by atoms with Gasteiger partial charge >= 0.3 is 0 Å². The van der Waals surface area contributed by atoms with Crippen molar-refractivity contribution < 1.29 is 9.50 Å². The van der Waals surface area contributed by atoms with Gasteiger partial charge in [0.25, 0.3) is 0 Å². The Labute approximate surface area is 91.1 Å². The normalized spacial score (nSPS) is 15.2. The van der Waals surface area contributed by atoms with E-state index < -0.39 is 11.4 Å². The van der Waals surface area contributed by atoms with Crippen LogP contribution in [0.15, 0.2) is 22.7 Å². The predicted molar refractivity (Wildman–Crippen MR) is 57.3 cm³/mol. The predicted octanol–water partition coefficient (Wildman–Crippen LogP) is 2.14. The van der Waals surface area contributed by atoms with Crippen LogP contribution in [0.5, 0.6) is 0 Å². The van der Waals surface area contributed by atoms with E-state index in [0.29, 0.717) is 10.9 Å². The molecule has 0 aliphatic heterocycles. The summed E-state index contributed by atoms with van der Waals surface area (Å²) in [5.41, 5.74) is 4.41. The lowest BCUT2D eigenvalue weighted by Crippen LogP contribution is -2.35. The monoisotopic (exact) mass is 261 g/mol. The lowest BCUT2D eigenvalue weighted by molar-refractivity contribution is 0.0381. The Morgan fingerprint density at radius 3 is 2.71 bits per heavy atom. The topological polar surface area (TPSA) is 46.2 Å². The van der Waals surface area contributed by atoms with Crippen molar-refractivity contribution >= 4 is 15.9 Å². The highest BCUT2D eigenvalue weighted by Gasteiger charge is 2.29. The first-order valence-corrected chi connectivity index (χ1v) is 5.21. The van der Waals surface area contributed by atoms with Crippen LogP contribution in [0, 0.1) is 5.82 Å². The molecular formula is C10H13BrFNO. The standard InChI is InChI=1S/C10H13BrFNO/c1-2-10(14,6-13)7-4-3-5-8(11)9(7)12/h3-5,14H,2,6,13H2,1H3. The Kier molecular flexibility index (Phi) is 3.64. The first-order valence-electron chi connectivity index (χ1n) is 4.42. The molecule has 1 aromatic carbocycles. The van der Waals surface area contributed by atoms with Crippen LogP contribution in [0.3, 0.4) is 0 Å². The van der Waals surface area contributed by atoms with Gasteiger partial charge in [0.15, 0.2) is 0 Å². The van der Waals surface area contributed by atoms with Crippen LogP contribution in [0.4, 0.5) is 4.39 Å². The number of hydrogen-bond acceptors (Lipinski definition) is 2. The Morgan fingerprint density at radius 2 is 2.21 bits per heavy atom. The number of aliphatic hydroxyl groups is 1. The summed E-state index contributed by atoms with van der Waals surface area (Å²) in [7, 11) is 0. The summed E-state index contributed by atoms with van der Waals surface area (Å²) in [5, 5.41) is 10.0. The zero-order valence-corrected chi connectivity index (χ0v) is 9.51. The maximum atomic E-state index is 13.6. The first-order chi connectivity index (χ1) is 6.55. The van der Waals surface area contributed by atoms with E-state index in [2.05, 4.69) is 15.9 Å². The second kappa shape index (κ2) is 4.38. The van der Waals surface area contributed by atoms with Crippen molar-refractivity contribution in [2.75, 3.05) is 6.54 Å². The van der Waals surface area contributed by atoms with Gasteiger partial charge in [-0.15, -0.1) is 0 Å². The molecule has 0 radical (unpaired) electrons. The fourth-order valence-electron chi connectivity index (χ4n) is 1.31. The highest BCUT2D eigenvalue weighted by atomic mass is 79.9. The van der Waals surface area contributed by atoms with Crippen molar-refractivity contribution in [1.29, 1.82) is 0 Å². The highest BCUT2D eigenvalue weighted by Crippen LogP contribution is 2.29. The molecule has 0 aromatic heterocycles. The molecule has 14 heavy (non-hydrogen) atoms. The molecule has 0 fully saturated rings. The molecule has 0 saturated carbocycles. The summed E-state index contributed by atoms with van der Waals surface area (Å²) in [4.78, 5) is 0. The summed E-state index contributed by atoms with van der Waals surface area (Å²) in [5.74, 6) is -0.442. The van der Waals surface area contributed by atoms with Crippen LogP contribution < -0.4 is 5.73 Å². The third-order valence-corrected chi connectivity index (χ3v) is 2.99. The van der Waals surface area contributed by atoms with Crippen molar-refractivity contribution in [2.45, 2.75) is 18.9 Å². The molecule has 4 heteroatoms. The van der Waals surface area contributed by atoms with Gasteiger partial charge in [-0.1, -0.05) is 19.1 Å². The number of benzene rings is 1. The average molecular weight is 262 g/mol. The second-order valence-electron chi connectivity index (χ2n) is 3.19. The largest absolute Gasteiger partial charge is 0.384 e. The highest BCUT2D eigenvalue weighted by molar-refractivity contribution is 9.10. The molecule has 0 amide bonds. The quantitative estimate of drug-likeness (QED) is 0.876. The molecule has 1 rings (SSSR count). The van der Waals surface area contributed by atoms with Crippen molar-refractivity contribution in [3.05, 3.63) is 34.1 Å². The number of nitrogens with two attached hydrogens (primary N) is 1. The molecule has 1 atom stereocenters. The zero-order valence-electron chi connectivity index (χ0n) is 7.93. The SMILES string of the molecule is CCC(O)(CN)c1cccc(Br)c1F. The van der Waals surface area contributed by atoms with Crippen molar-refractivity contribution in [3.63, 3.8) is 0 Å². The molecule has 0 heterocycles. The Balaban J connectivity index is 3.24. The van der Waals surface area contributed by atoms with Gasteiger partial charge in [-0.3, -0.25) is 0 Å². The van der Waals surface area contributed by atoms with E-state index in [-0.39, 0.29) is 12.1 Å². The van der Waals surface area contributed by atoms with Crippen LogP contribution in [0.25, 0.3) is 0 Å². The molecule has 1 unspecified atom stereocenters. The zero-order chi connectivity index (χ0) is 10.8. The lowest BCUT2D eigenvalue weighted by atomic mass is 9.91. The fourth-order valence-corrected chi connectivity index (χ4v) is 1.67. The third kappa shape index (κ3) is 1.97. The van der Waals surface area contributed by atoms with Crippen LogP contribution in [0.1, 0.15) is 18.9 Å². The minimum absolute atomic E-state index is 0.0108. The van der Waals surface area contributed by atoms with Crippen LogP contribution in [0.2, 0.25) is 0 Å². The molecule has 0 bridgehead atoms. The van der Waals surface area contributed by atoms with Crippen molar-refractivity contribution in [1.82, 2.24) is 0 Å². The molecular weight excluding hydrogens is 249 g/mol. The van der Waals surface area contributed by atoms with Gasteiger partial charge in [0.2, 0.25) is 0 Å². The number of hydrogen-bond donors (Lipinski definition) is 2. The molecule has 2 nitrogen and oxygen atoms in total. The minimum Gasteiger partial charge on any atom is -0.384 e. The summed E-state index contributed by atoms with van der Waals surface area (Å²) < 4.78 is 14.0. The first kappa shape index (κ1) is 11.6. The van der Waals surface area contributed by atoms with E-state index in [4.69, 9.17) is 5.73 Å². The smallest absolute Gasteiger partial charge is 0.143 e. The molecule has 0 aliphatic rings. The lowest BCUT2D eigenvalue weighted by Gasteiger charge is -2.26. The van der Waals surface area contributed by atoms with E-state index >= 15 is 0 Å². The van der Waals surface area contributed by atoms with Crippen molar-refractivity contribution in [3.8, 4) is 0 Å². The molecule has 0 aliphatic carbocycles. The van der Waals surface area contributed by atoms with Gasteiger partial charge in [-0.25, -0.2) is 4.39 Å². The van der Waals surface area contributed by atoms with Gasteiger partial charge in [0.05, 0.1) is 4.47 Å². The molecule has 1 aromatic rings. The van der Waals surface area contributed by atoms with E-state index in [9.17, 15) is 9.50 Å². The Hall–Kier alpha value is -0.450. The number of rotatable bonds is 3. The van der Waals surface area contributed by atoms with E-state index in [1.165, 1.54) is 0 Å². The summed E-state index contributed by atoms with van der Waals surface area (Å²) in [6, 6.07) is 4.82. The van der Waals surface area contributed by atoms with Crippen molar-refractivity contribution in [2.24, 2.45) is 5.73 Å². The molecule has 0 spiro atoms. The molecule has 0 saturated heterocycles. The Bertz CT molecular complexity index is 326. The van der Waals surface area contributed by atoms with Crippen LogP contribution in [-0.2, 0) is 5.60 Å². The minimum atomic E-state index is -1.27. The van der Waals surface area contributed by atoms with Gasteiger partial charge in [-0.2, -0.15) is 0 Å². The maximum Gasteiger partial charge on any atom is 0.143 e. The molecule has 3 N–H and O–H groups in total. The number of halogens is 2. The Morgan fingerprint density at radius 1 is 1.57 bits per heavy atom. The van der Waals surface area contributed by atoms with E-state index in [1.807, 2.05) is 0 Å². The van der Waals surface area contributed by atoms with E-state index in [0.717, 1.165) is 0 Å². The van der Waals surface area contributed by atoms with Gasteiger partial charge < -0.3 is 10.8 Å². The van der Waals surface area contributed by atoms with Gasteiger partial charge in [0.1, 0.15) is 11.4 Å². The van der Waals surface area contributed by atoms with Gasteiger partial charge in [-0.05, 0) is 28.4 Å². The van der Waals surface area contributed by atoms with Crippen LogP contribution in [-0.4, -0.2) is 11.7 Å². The third-order valence-electron chi connectivity index (χ3n) is 2.38. The fraction of sp³-hybridized carbons (Fsp3) is 0.400. The van der Waals surface area contributed by atoms with E-state index in [1.54, 1.807) is 25.1 Å². The second-order valence-corrected chi connectivity index (χ2v) is 4.04. The summed E-state index contributed by atoms with van der Waals surface area (Å²) >= 11 is 3.07. The van der Waals surface area contributed by atoms with Gasteiger partial charge in [0, 0.05) is 12.1 Å². The maximum absolute atomic E-state index is 13.6. The summed E-state index contributed by atoms with van der Waals surface area (Å²) in [6.07, 6.45) is 0.386. The molecule has 78 valence electrons. The average Bonchev–Trinajstić information content (AvgIpc) is 2.21. The summed E-state index contributed by atoms with van der Waals surface area (Å²) in [6.45, 7) is 1.78. The van der Waals surface area contributed by atoms with Crippen LogP contribution >= 0.6 is 15.9 Å².